The number of ether oxygens (including phenoxy) is 6. The molecule has 2 saturated heterocycles. The van der Waals surface area contributed by atoms with E-state index in [1.54, 1.807) is 20.1 Å². The molecule has 0 aromatic heterocycles. The van der Waals surface area contributed by atoms with E-state index in [2.05, 4.69) is 13.8 Å². The molecule has 4 fully saturated rings. The fourth-order valence-electron chi connectivity index (χ4n) is 7.86. The van der Waals surface area contributed by atoms with Gasteiger partial charge in [0.2, 0.25) is 6.29 Å². The van der Waals surface area contributed by atoms with Crippen molar-refractivity contribution in [2.45, 2.75) is 97.1 Å². The zero-order valence-corrected chi connectivity index (χ0v) is 23.0. The average molecular weight is 537 g/mol. The molecule has 10 heteroatoms. The van der Waals surface area contributed by atoms with Crippen LogP contribution in [0.1, 0.15) is 60.8 Å². The number of esters is 3. The van der Waals surface area contributed by atoms with Gasteiger partial charge in [-0.1, -0.05) is 27.7 Å². The molecule has 0 unspecified atom stereocenters. The van der Waals surface area contributed by atoms with Gasteiger partial charge < -0.3 is 33.5 Å². The van der Waals surface area contributed by atoms with Crippen LogP contribution in [0.5, 0.6) is 0 Å². The van der Waals surface area contributed by atoms with E-state index in [-0.39, 0.29) is 49.8 Å². The Balaban J connectivity index is 1.64. The summed E-state index contributed by atoms with van der Waals surface area (Å²) in [7, 11) is 0. The van der Waals surface area contributed by atoms with Crippen molar-refractivity contribution in [3.63, 3.8) is 0 Å². The lowest BCUT2D eigenvalue weighted by molar-refractivity contribution is -0.284. The second-order valence-corrected chi connectivity index (χ2v) is 12.3. The topological polar surface area (TPSA) is 130 Å². The second kappa shape index (κ2) is 9.48. The summed E-state index contributed by atoms with van der Waals surface area (Å²) in [6.45, 7) is 10.4. The molecule has 3 aliphatic heterocycles. The highest BCUT2D eigenvalue weighted by Crippen LogP contribution is 2.70. The van der Waals surface area contributed by atoms with E-state index in [9.17, 15) is 19.5 Å². The monoisotopic (exact) mass is 536 g/mol. The highest BCUT2D eigenvalue weighted by molar-refractivity contribution is 5.72. The lowest BCUT2D eigenvalue weighted by atomic mass is 9.41. The van der Waals surface area contributed by atoms with E-state index < -0.39 is 58.6 Å². The molecule has 3 heterocycles. The normalized spacial score (nSPS) is 46.7. The number of hydrogen-bond acceptors (Lipinski definition) is 10. The summed E-state index contributed by atoms with van der Waals surface area (Å²) in [4.78, 5) is 37.4. The molecule has 2 saturated carbocycles. The molecule has 10 nitrogen and oxygen atoms in total. The van der Waals surface area contributed by atoms with Crippen molar-refractivity contribution in [3.05, 3.63) is 12.3 Å². The lowest BCUT2D eigenvalue weighted by Crippen LogP contribution is -2.74. The van der Waals surface area contributed by atoms with E-state index in [1.165, 1.54) is 13.8 Å². The van der Waals surface area contributed by atoms with E-state index in [0.29, 0.717) is 6.42 Å². The van der Waals surface area contributed by atoms with Gasteiger partial charge in [-0.15, -0.1) is 0 Å². The van der Waals surface area contributed by atoms with Crippen molar-refractivity contribution >= 4 is 17.9 Å². The molecular formula is C28H40O10. The van der Waals surface area contributed by atoms with Crippen LogP contribution in [0.25, 0.3) is 0 Å². The van der Waals surface area contributed by atoms with Gasteiger partial charge >= 0.3 is 17.9 Å². The largest absolute Gasteiger partial charge is 0.472 e. The molecule has 2 aliphatic carbocycles. The van der Waals surface area contributed by atoms with Crippen LogP contribution in [0, 0.1) is 34.5 Å². The molecular weight excluding hydrogens is 496 g/mol. The number of rotatable bonds is 6. The highest BCUT2D eigenvalue weighted by Gasteiger charge is 2.81. The maximum atomic E-state index is 12.8. The SMILES string of the molecule is CC(=O)OC[C@@]12[C@@H](OC(C)=O)C[C@@H](C)[C@](C)([C@@H]3C[C@H]4C=CO[C@H]4O3)[C@H]1C[C@@H](O)[C@H](OC(=O)C(C)C)[C@]21CO1. The Morgan fingerprint density at radius 3 is 2.39 bits per heavy atom. The van der Waals surface area contributed by atoms with Gasteiger partial charge in [0.15, 0.2) is 6.10 Å². The van der Waals surface area contributed by atoms with Crippen LogP contribution >= 0.6 is 0 Å². The van der Waals surface area contributed by atoms with Crippen molar-refractivity contribution in [3.8, 4) is 0 Å². The molecule has 5 aliphatic rings. The molecule has 11 atom stereocenters. The van der Waals surface area contributed by atoms with Crippen LogP contribution in [0.3, 0.4) is 0 Å². The minimum atomic E-state index is -1.19. The van der Waals surface area contributed by atoms with Gasteiger partial charge in [0.25, 0.3) is 0 Å². The first kappa shape index (κ1) is 27.4. The third kappa shape index (κ3) is 3.97. The predicted octanol–water partition coefficient (Wildman–Crippen LogP) is 2.51. The molecule has 212 valence electrons. The quantitative estimate of drug-likeness (QED) is 0.307. The van der Waals surface area contributed by atoms with Crippen LogP contribution in [-0.4, -0.2) is 72.5 Å². The summed E-state index contributed by atoms with van der Waals surface area (Å²) in [6.07, 6.45) is 1.79. The van der Waals surface area contributed by atoms with Gasteiger partial charge in [0.1, 0.15) is 18.3 Å². The summed E-state index contributed by atoms with van der Waals surface area (Å²) in [5, 5.41) is 11.5. The number of hydrogen-bond donors (Lipinski definition) is 1. The number of fused-ring (bicyclic) bond motifs is 3. The van der Waals surface area contributed by atoms with E-state index >= 15 is 0 Å². The fraction of sp³-hybridized carbons (Fsp3) is 0.821. The van der Waals surface area contributed by atoms with Gasteiger partial charge in [0, 0.05) is 25.2 Å². The zero-order valence-electron chi connectivity index (χ0n) is 23.0. The fourth-order valence-corrected chi connectivity index (χ4v) is 7.86. The van der Waals surface area contributed by atoms with Gasteiger partial charge in [-0.2, -0.15) is 0 Å². The minimum Gasteiger partial charge on any atom is -0.472 e. The van der Waals surface area contributed by atoms with E-state index in [1.807, 2.05) is 6.08 Å². The smallest absolute Gasteiger partial charge is 0.308 e. The molecule has 0 aromatic rings. The summed E-state index contributed by atoms with van der Waals surface area (Å²) in [6, 6.07) is 0. The predicted molar refractivity (Wildman–Crippen MR) is 131 cm³/mol. The van der Waals surface area contributed by atoms with Crippen LogP contribution in [0.2, 0.25) is 0 Å². The Bertz CT molecular complexity index is 1000. The molecule has 1 spiro atoms. The summed E-state index contributed by atoms with van der Waals surface area (Å²) >= 11 is 0. The van der Waals surface area contributed by atoms with Crippen molar-refractivity contribution in [2.75, 3.05) is 13.2 Å². The first-order valence-electron chi connectivity index (χ1n) is 13.7. The van der Waals surface area contributed by atoms with Gasteiger partial charge in [0.05, 0.1) is 36.4 Å². The minimum absolute atomic E-state index is 0.00729. The van der Waals surface area contributed by atoms with Crippen LogP contribution in [0.4, 0.5) is 0 Å². The van der Waals surface area contributed by atoms with Gasteiger partial charge in [-0.05, 0) is 37.2 Å². The number of carbonyl (C=O) groups excluding carboxylic acids is 3. The van der Waals surface area contributed by atoms with Crippen LogP contribution in [0.15, 0.2) is 12.3 Å². The highest BCUT2D eigenvalue weighted by atomic mass is 16.7. The number of aliphatic hydroxyl groups is 1. The van der Waals surface area contributed by atoms with Crippen LogP contribution in [-0.2, 0) is 42.8 Å². The average Bonchev–Trinajstić information content (AvgIpc) is 3.31. The molecule has 0 aromatic carbocycles. The Hall–Kier alpha value is -2.17. The van der Waals surface area contributed by atoms with E-state index in [0.717, 1.165) is 6.42 Å². The van der Waals surface area contributed by atoms with Crippen molar-refractivity contribution in [1.29, 1.82) is 0 Å². The Morgan fingerprint density at radius 2 is 1.82 bits per heavy atom. The molecule has 0 radical (unpaired) electrons. The van der Waals surface area contributed by atoms with Gasteiger partial charge in [-0.25, -0.2) is 0 Å². The number of carbonyl (C=O) groups is 3. The molecule has 0 amide bonds. The second-order valence-electron chi connectivity index (χ2n) is 12.3. The number of aliphatic hydroxyl groups excluding tert-OH is 1. The lowest BCUT2D eigenvalue weighted by Gasteiger charge is -2.65. The Kier molecular flexibility index (Phi) is 6.84. The molecule has 1 N–H and O–H groups in total. The zero-order chi connectivity index (χ0) is 27.6. The first-order valence-corrected chi connectivity index (χ1v) is 13.7. The van der Waals surface area contributed by atoms with Crippen molar-refractivity contribution in [1.82, 2.24) is 0 Å². The molecule has 5 rings (SSSR count). The summed E-state index contributed by atoms with van der Waals surface area (Å²) < 4.78 is 36.0. The Morgan fingerprint density at radius 1 is 1.11 bits per heavy atom. The first-order chi connectivity index (χ1) is 17.9. The molecule has 38 heavy (non-hydrogen) atoms. The summed E-state index contributed by atoms with van der Waals surface area (Å²) in [5.74, 6) is -2.05. The number of epoxide rings is 1. The standard InChI is InChI=1S/C28H40O10/c1-14(2)24(32)38-23-19(31)11-20-26(6,21-10-18-7-8-33-25(18)37-21)15(3)9-22(36-17(5)30)27(20,12-34-16(4)29)28(23)13-35-28/h7-8,14-15,18-23,25,31H,9-13H2,1-6H3/t15-,18-,19-,20-,21+,22+,23+,25+,26+,27+,28-/m1/s1. The third-order valence-corrected chi connectivity index (χ3v) is 10.0. The Labute approximate surface area is 223 Å². The maximum Gasteiger partial charge on any atom is 0.308 e. The van der Waals surface area contributed by atoms with Crippen molar-refractivity contribution < 1.29 is 47.9 Å². The maximum absolute atomic E-state index is 12.8. The van der Waals surface area contributed by atoms with Crippen molar-refractivity contribution in [2.24, 2.45) is 34.5 Å². The third-order valence-electron chi connectivity index (χ3n) is 10.0. The summed E-state index contributed by atoms with van der Waals surface area (Å²) in [5.41, 5.74) is -2.81. The molecule has 0 bridgehead atoms. The van der Waals surface area contributed by atoms with Gasteiger partial charge in [-0.3, -0.25) is 14.4 Å². The van der Waals surface area contributed by atoms with E-state index in [4.69, 9.17) is 28.4 Å². The van der Waals surface area contributed by atoms with Crippen LogP contribution < -0.4 is 0 Å².